The molecule has 0 aromatic carbocycles. The molecule has 0 bridgehead atoms. The van der Waals surface area contributed by atoms with Crippen LogP contribution >= 0.6 is 0 Å². The second kappa shape index (κ2) is 6.36. The van der Waals surface area contributed by atoms with Gasteiger partial charge in [-0.3, -0.25) is 0 Å². The fourth-order valence-corrected chi connectivity index (χ4v) is 3.41. The Bertz CT molecular complexity index is 919. The van der Waals surface area contributed by atoms with Gasteiger partial charge in [0, 0.05) is 14.1 Å². The Labute approximate surface area is 157 Å². The molecule has 4 atom stereocenters. The van der Waals surface area contributed by atoms with E-state index in [0.717, 1.165) is 5.84 Å². The lowest BCUT2D eigenvalue weighted by molar-refractivity contribution is -0.154. The van der Waals surface area contributed by atoms with Gasteiger partial charge in [0.25, 0.3) is 0 Å². The number of fused-ring (bicyclic) bond motifs is 2. The van der Waals surface area contributed by atoms with E-state index in [2.05, 4.69) is 19.9 Å². The van der Waals surface area contributed by atoms with Gasteiger partial charge in [0.2, 0.25) is 0 Å². The zero-order valence-electron chi connectivity index (χ0n) is 16.1. The third kappa shape index (κ3) is 3.11. The van der Waals surface area contributed by atoms with Gasteiger partial charge in [-0.1, -0.05) is 12.2 Å². The Kier molecular flexibility index (Phi) is 4.25. The molecule has 2 aromatic heterocycles. The molecule has 4 rings (SSSR count). The molecule has 0 amide bonds. The van der Waals surface area contributed by atoms with E-state index < -0.39 is 18.0 Å². The van der Waals surface area contributed by atoms with Crippen LogP contribution < -0.4 is 0 Å². The number of aliphatic imine (C=N–C) groups is 1. The highest BCUT2D eigenvalue weighted by atomic mass is 16.8. The lowest BCUT2D eigenvalue weighted by Crippen LogP contribution is -2.42. The van der Waals surface area contributed by atoms with E-state index in [1.54, 1.807) is 6.33 Å². The normalized spacial score (nSPS) is 29.9. The van der Waals surface area contributed by atoms with Crippen LogP contribution in [-0.2, 0) is 9.47 Å². The van der Waals surface area contributed by atoms with Crippen molar-refractivity contribution in [2.45, 2.75) is 50.9 Å². The Hall–Kier alpha value is -2.36. The summed E-state index contributed by atoms with van der Waals surface area (Å²) in [7, 11) is 3.83. The molecule has 9 nitrogen and oxygen atoms in total. The maximum atomic E-state index is 10.9. The summed E-state index contributed by atoms with van der Waals surface area (Å²) in [5.41, 5.74) is 1.20. The van der Waals surface area contributed by atoms with Gasteiger partial charge in [-0.25, -0.2) is 19.9 Å². The van der Waals surface area contributed by atoms with E-state index in [9.17, 15) is 5.11 Å². The monoisotopic (exact) mass is 372 g/mol. The molecular weight excluding hydrogens is 348 g/mol. The zero-order valence-corrected chi connectivity index (χ0v) is 16.1. The number of amidine groups is 1. The van der Waals surface area contributed by atoms with Crippen LogP contribution in [0, 0.1) is 0 Å². The molecule has 0 saturated carbocycles. The van der Waals surface area contributed by atoms with Gasteiger partial charge in [0.15, 0.2) is 22.8 Å². The summed E-state index contributed by atoms with van der Waals surface area (Å²) in [6.45, 7) is 5.59. The van der Waals surface area contributed by atoms with Gasteiger partial charge in [0.05, 0.1) is 12.4 Å². The van der Waals surface area contributed by atoms with E-state index in [-0.39, 0.29) is 12.1 Å². The highest BCUT2D eigenvalue weighted by Crippen LogP contribution is 2.38. The number of nitrogens with zero attached hydrogens (tertiary/aromatic N) is 6. The fraction of sp³-hybridized carbons (Fsp3) is 0.556. The van der Waals surface area contributed by atoms with Crippen molar-refractivity contribution in [3.05, 3.63) is 24.8 Å². The van der Waals surface area contributed by atoms with Crippen molar-refractivity contribution in [3.8, 4) is 0 Å². The smallest absolute Gasteiger partial charge is 0.185 e. The van der Waals surface area contributed by atoms with Crippen molar-refractivity contribution in [1.82, 2.24) is 24.4 Å². The van der Waals surface area contributed by atoms with E-state index in [0.29, 0.717) is 17.0 Å². The molecule has 1 N–H and O–H groups in total. The van der Waals surface area contributed by atoms with Crippen LogP contribution in [-0.4, -0.2) is 73.6 Å². The Morgan fingerprint density at radius 2 is 2.00 bits per heavy atom. The van der Waals surface area contributed by atoms with Crippen LogP contribution in [0.2, 0.25) is 0 Å². The highest BCUT2D eigenvalue weighted by molar-refractivity contribution is 5.88. The first kappa shape index (κ1) is 18.0. The Morgan fingerprint density at radius 3 is 2.74 bits per heavy atom. The van der Waals surface area contributed by atoms with Gasteiger partial charge in [-0.15, -0.1) is 0 Å². The number of aliphatic hydroxyl groups is 1. The fourth-order valence-electron chi connectivity index (χ4n) is 3.41. The number of rotatable bonds is 2. The number of aromatic nitrogens is 4. The summed E-state index contributed by atoms with van der Waals surface area (Å²) in [6, 6.07) is -0.365. The molecular formula is C18H24N6O3. The van der Waals surface area contributed by atoms with Gasteiger partial charge in [0.1, 0.15) is 30.5 Å². The second-order valence-electron chi connectivity index (χ2n) is 7.51. The largest absolute Gasteiger partial charge is 0.388 e. The van der Waals surface area contributed by atoms with Crippen LogP contribution in [0.5, 0.6) is 0 Å². The van der Waals surface area contributed by atoms with Crippen LogP contribution in [0.25, 0.3) is 11.2 Å². The minimum atomic E-state index is -0.787. The van der Waals surface area contributed by atoms with Gasteiger partial charge >= 0.3 is 0 Å². The molecule has 9 heteroatoms. The molecule has 3 heterocycles. The first-order valence-electron chi connectivity index (χ1n) is 8.89. The van der Waals surface area contributed by atoms with Crippen LogP contribution in [0.1, 0.15) is 26.8 Å². The summed E-state index contributed by atoms with van der Waals surface area (Å²) < 4.78 is 13.5. The van der Waals surface area contributed by atoms with Gasteiger partial charge in [-0.05, 0) is 20.8 Å². The number of imidazole rings is 1. The predicted octanol–water partition coefficient (Wildman–Crippen LogP) is 1.43. The van der Waals surface area contributed by atoms with E-state index in [4.69, 9.17) is 9.47 Å². The summed E-state index contributed by atoms with van der Waals surface area (Å²) in [6.07, 6.45) is 5.46. The SMILES string of the molecule is C/C(=N\c1ncnc2c1ncn2[C@H]1C=C[C@@H]2OC(C)(C)O[C@@H]2[C@H]1O)N(C)C. The quantitative estimate of drug-likeness (QED) is 0.484. The van der Waals surface area contributed by atoms with Gasteiger partial charge in [-0.2, -0.15) is 0 Å². The average Bonchev–Trinajstić information content (AvgIpc) is 3.16. The zero-order chi connectivity index (χ0) is 19.3. The lowest BCUT2D eigenvalue weighted by Gasteiger charge is -2.31. The number of aliphatic hydroxyl groups excluding tert-OH is 1. The molecule has 1 aliphatic heterocycles. The predicted molar refractivity (Wildman–Crippen MR) is 99.8 cm³/mol. The molecule has 27 heavy (non-hydrogen) atoms. The summed E-state index contributed by atoms with van der Waals surface area (Å²) >= 11 is 0. The molecule has 1 fully saturated rings. The topological polar surface area (TPSA) is 97.9 Å². The van der Waals surface area contributed by atoms with E-state index in [1.807, 2.05) is 56.5 Å². The molecule has 2 aromatic rings. The van der Waals surface area contributed by atoms with Crippen LogP contribution in [0.4, 0.5) is 5.82 Å². The summed E-state index contributed by atoms with van der Waals surface area (Å²) in [5, 5.41) is 10.9. The molecule has 0 radical (unpaired) electrons. The maximum Gasteiger partial charge on any atom is 0.185 e. The van der Waals surface area contributed by atoms with Crippen LogP contribution in [0.3, 0.4) is 0 Å². The van der Waals surface area contributed by atoms with Crippen LogP contribution in [0.15, 0.2) is 29.8 Å². The number of hydrogen-bond donors (Lipinski definition) is 1. The minimum Gasteiger partial charge on any atom is -0.388 e. The molecule has 1 aliphatic carbocycles. The van der Waals surface area contributed by atoms with Crippen molar-refractivity contribution in [2.24, 2.45) is 4.99 Å². The van der Waals surface area contributed by atoms with Crippen molar-refractivity contribution < 1.29 is 14.6 Å². The first-order valence-corrected chi connectivity index (χ1v) is 8.89. The van der Waals surface area contributed by atoms with Gasteiger partial charge < -0.3 is 24.0 Å². The molecule has 2 aliphatic rings. The molecule has 1 saturated heterocycles. The number of ether oxygens (including phenoxy) is 2. The molecule has 0 spiro atoms. The van der Waals surface area contributed by atoms with E-state index >= 15 is 0 Å². The summed E-state index contributed by atoms with van der Waals surface area (Å²) in [5.74, 6) is 0.586. The second-order valence-corrected chi connectivity index (χ2v) is 7.51. The standard InChI is InChI=1S/C18H24N6O3/c1-10(23(4)5)22-16-13-17(20-8-19-16)24(9-21-13)11-6-7-12-15(14(11)25)27-18(2,3)26-12/h6-9,11-12,14-15,25H,1-5H3/b22-10+/t11-,12-,14-,15-/m0/s1. The average molecular weight is 372 g/mol. The van der Waals surface area contributed by atoms with Crippen molar-refractivity contribution in [1.29, 1.82) is 0 Å². The number of hydrogen-bond acceptors (Lipinski definition) is 7. The maximum absolute atomic E-state index is 10.9. The highest BCUT2D eigenvalue weighted by Gasteiger charge is 2.48. The molecule has 144 valence electrons. The minimum absolute atomic E-state index is 0.265. The van der Waals surface area contributed by atoms with Crippen molar-refractivity contribution >= 4 is 22.8 Å². The third-order valence-electron chi connectivity index (χ3n) is 4.92. The summed E-state index contributed by atoms with van der Waals surface area (Å²) in [4.78, 5) is 19.5. The first-order chi connectivity index (χ1) is 12.8. The lowest BCUT2D eigenvalue weighted by atomic mass is 9.94. The Morgan fingerprint density at radius 1 is 1.22 bits per heavy atom. The van der Waals surface area contributed by atoms with E-state index in [1.165, 1.54) is 6.33 Å². The third-order valence-corrected chi connectivity index (χ3v) is 4.92. The van der Waals surface area contributed by atoms with Crippen molar-refractivity contribution in [3.63, 3.8) is 0 Å². The van der Waals surface area contributed by atoms with Crippen molar-refractivity contribution in [2.75, 3.05) is 14.1 Å². The Balaban J connectivity index is 1.72. The molecule has 0 unspecified atom stereocenters.